The highest BCUT2D eigenvalue weighted by Crippen LogP contribution is 2.26. The second-order valence-electron chi connectivity index (χ2n) is 10.3. The molecule has 0 heterocycles. The van der Waals surface area contributed by atoms with E-state index < -0.39 is 34.1 Å². The summed E-state index contributed by atoms with van der Waals surface area (Å²) in [7, 11) is -2.59. The maximum atomic E-state index is 14.1. The number of halogens is 1. The van der Waals surface area contributed by atoms with Crippen molar-refractivity contribution in [3.8, 4) is 5.75 Å². The van der Waals surface area contributed by atoms with E-state index >= 15 is 0 Å². The highest BCUT2D eigenvalue weighted by Gasteiger charge is 2.34. The number of carbonyl (C=O) groups is 2. The van der Waals surface area contributed by atoms with E-state index in [2.05, 4.69) is 5.32 Å². The van der Waals surface area contributed by atoms with Crippen LogP contribution in [0.25, 0.3) is 0 Å². The molecule has 1 N–H and O–H groups in total. The normalized spacial score (nSPS) is 12.3. The van der Waals surface area contributed by atoms with Crippen molar-refractivity contribution in [2.24, 2.45) is 0 Å². The maximum absolute atomic E-state index is 14.1. The van der Waals surface area contributed by atoms with E-state index in [1.807, 2.05) is 39.8 Å². The highest BCUT2D eigenvalue weighted by atomic mass is 35.5. The van der Waals surface area contributed by atoms with E-state index in [1.54, 1.807) is 49.6 Å². The van der Waals surface area contributed by atoms with Gasteiger partial charge in [-0.3, -0.25) is 13.9 Å². The molecule has 0 saturated carbocycles. The van der Waals surface area contributed by atoms with Gasteiger partial charge < -0.3 is 15.0 Å². The van der Waals surface area contributed by atoms with Crippen molar-refractivity contribution in [1.29, 1.82) is 0 Å². The van der Waals surface area contributed by atoms with Crippen molar-refractivity contribution in [3.05, 3.63) is 89.4 Å². The van der Waals surface area contributed by atoms with E-state index in [9.17, 15) is 18.0 Å². The number of anilines is 1. The number of carbonyl (C=O) groups excluding carboxylic acids is 2. The van der Waals surface area contributed by atoms with Crippen LogP contribution in [0.5, 0.6) is 5.75 Å². The number of hydrogen-bond donors (Lipinski definition) is 1. The van der Waals surface area contributed by atoms with Gasteiger partial charge in [-0.1, -0.05) is 48.9 Å². The lowest BCUT2D eigenvalue weighted by Crippen LogP contribution is -2.55. The lowest BCUT2D eigenvalue weighted by molar-refractivity contribution is -0.141. The highest BCUT2D eigenvalue weighted by molar-refractivity contribution is 7.92. The molecule has 3 rings (SSSR count). The van der Waals surface area contributed by atoms with Crippen molar-refractivity contribution >= 4 is 39.1 Å². The minimum atomic E-state index is -4.15. The Morgan fingerprint density at radius 1 is 0.950 bits per heavy atom. The van der Waals surface area contributed by atoms with Crippen LogP contribution in [0.3, 0.4) is 0 Å². The van der Waals surface area contributed by atoms with Crippen LogP contribution in [0.4, 0.5) is 5.69 Å². The number of para-hydroxylation sites is 1. The number of nitrogens with one attached hydrogen (secondary N) is 1. The monoisotopic (exact) mass is 585 g/mol. The molecule has 10 heteroatoms. The molecule has 2 amide bonds. The molecular formula is C30H36ClN3O5S. The topological polar surface area (TPSA) is 96.0 Å². The molecule has 3 aromatic rings. The van der Waals surface area contributed by atoms with Crippen molar-refractivity contribution < 1.29 is 22.7 Å². The summed E-state index contributed by atoms with van der Waals surface area (Å²) in [6, 6.07) is 20.5. The number of sulfonamides is 1. The zero-order valence-electron chi connectivity index (χ0n) is 23.4. The predicted octanol–water partition coefficient (Wildman–Crippen LogP) is 5.27. The van der Waals surface area contributed by atoms with Crippen LogP contribution < -0.4 is 14.4 Å². The maximum Gasteiger partial charge on any atom is 0.264 e. The van der Waals surface area contributed by atoms with Gasteiger partial charge in [0.2, 0.25) is 11.8 Å². The minimum Gasteiger partial charge on any atom is -0.497 e. The average Bonchev–Trinajstić information content (AvgIpc) is 2.91. The molecule has 3 aromatic carbocycles. The molecule has 0 radical (unpaired) electrons. The van der Waals surface area contributed by atoms with Gasteiger partial charge in [-0.05, 0) is 81.3 Å². The van der Waals surface area contributed by atoms with E-state index in [4.69, 9.17) is 16.3 Å². The van der Waals surface area contributed by atoms with Crippen molar-refractivity contribution in [2.45, 2.75) is 57.1 Å². The van der Waals surface area contributed by atoms with Gasteiger partial charge in [-0.25, -0.2) is 8.42 Å². The summed E-state index contributed by atoms with van der Waals surface area (Å²) in [5, 5.41) is 3.35. The van der Waals surface area contributed by atoms with Crippen LogP contribution in [-0.2, 0) is 26.2 Å². The Hall–Kier alpha value is -3.56. The Balaban J connectivity index is 2.04. The number of amides is 2. The first-order valence-corrected chi connectivity index (χ1v) is 14.8. The standard InChI is InChI=1S/C30H36ClN3O5S/c1-6-27(29(36)32-30(2,3)4)33(20-22-12-16-25(39-5)17-13-22)28(35)21-34(24-10-8-7-9-11-24)40(37,38)26-18-14-23(31)15-19-26/h7-19,27H,6,20-21H2,1-5H3,(H,32,36)/t27-/m1/s1. The van der Waals surface area contributed by atoms with Crippen molar-refractivity contribution in [3.63, 3.8) is 0 Å². The first-order valence-electron chi connectivity index (χ1n) is 12.9. The predicted molar refractivity (Wildman–Crippen MR) is 158 cm³/mol. The van der Waals surface area contributed by atoms with Crippen LogP contribution in [0.2, 0.25) is 5.02 Å². The Morgan fingerprint density at radius 2 is 1.55 bits per heavy atom. The van der Waals surface area contributed by atoms with Crippen LogP contribution >= 0.6 is 11.6 Å². The van der Waals surface area contributed by atoms with Gasteiger partial charge in [0.15, 0.2) is 0 Å². The zero-order chi connectivity index (χ0) is 29.5. The third-order valence-electron chi connectivity index (χ3n) is 6.12. The molecule has 0 aliphatic heterocycles. The zero-order valence-corrected chi connectivity index (χ0v) is 25.0. The molecule has 0 aliphatic carbocycles. The number of nitrogens with zero attached hydrogens (tertiary/aromatic N) is 2. The largest absolute Gasteiger partial charge is 0.497 e. The fourth-order valence-electron chi connectivity index (χ4n) is 4.16. The molecule has 8 nitrogen and oxygen atoms in total. The summed E-state index contributed by atoms with van der Waals surface area (Å²) in [6.45, 7) is 7.00. The van der Waals surface area contributed by atoms with Crippen LogP contribution in [0, 0.1) is 0 Å². The van der Waals surface area contributed by atoms with Crippen LogP contribution in [-0.4, -0.2) is 50.4 Å². The van der Waals surface area contributed by atoms with E-state index in [1.165, 1.54) is 29.2 Å². The Bertz CT molecular complexity index is 1390. The summed E-state index contributed by atoms with van der Waals surface area (Å²) in [6.07, 6.45) is 0.332. The third kappa shape index (κ3) is 7.99. The molecule has 0 spiro atoms. The first-order chi connectivity index (χ1) is 18.9. The molecule has 0 unspecified atom stereocenters. The van der Waals surface area contributed by atoms with Gasteiger partial charge in [-0.2, -0.15) is 0 Å². The summed E-state index contributed by atoms with van der Waals surface area (Å²) >= 11 is 5.99. The summed E-state index contributed by atoms with van der Waals surface area (Å²) in [5.41, 5.74) is 0.568. The number of methoxy groups -OCH3 is 1. The van der Waals surface area contributed by atoms with E-state index in [0.29, 0.717) is 22.9 Å². The molecule has 0 saturated heterocycles. The van der Waals surface area contributed by atoms with Gasteiger partial charge in [0.1, 0.15) is 18.3 Å². The van der Waals surface area contributed by atoms with Crippen LogP contribution in [0.1, 0.15) is 39.7 Å². The number of ether oxygens (including phenoxy) is 1. The van der Waals surface area contributed by atoms with Crippen molar-refractivity contribution in [1.82, 2.24) is 10.2 Å². The molecule has 0 bridgehead atoms. The van der Waals surface area contributed by atoms with Gasteiger partial charge in [0, 0.05) is 17.1 Å². The Kier molecular flexibility index (Phi) is 10.2. The van der Waals surface area contributed by atoms with E-state index in [-0.39, 0.29) is 17.3 Å². The van der Waals surface area contributed by atoms with Crippen LogP contribution in [0.15, 0.2) is 83.8 Å². The minimum absolute atomic E-state index is 0.00669. The molecule has 214 valence electrons. The second kappa shape index (κ2) is 13.2. The number of hydrogen-bond acceptors (Lipinski definition) is 5. The summed E-state index contributed by atoms with van der Waals surface area (Å²) in [5.74, 6) is -0.180. The fraction of sp³-hybridized carbons (Fsp3) is 0.333. The third-order valence-corrected chi connectivity index (χ3v) is 8.16. The number of benzene rings is 3. The van der Waals surface area contributed by atoms with E-state index in [0.717, 1.165) is 9.87 Å². The molecule has 40 heavy (non-hydrogen) atoms. The summed E-state index contributed by atoms with van der Waals surface area (Å²) < 4.78 is 33.9. The average molecular weight is 586 g/mol. The fourth-order valence-corrected chi connectivity index (χ4v) is 5.70. The lowest BCUT2D eigenvalue weighted by atomic mass is 10.1. The Labute approximate surface area is 241 Å². The SMILES string of the molecule is CC[C@H](C(=O)NC(C)(C)C)N(Cc1ccc(OC)cc1)C(=O)CN(c1ccccc1)S(=O)(=O)c1ccc(Cl)cc1. The van der Waals surface area contributed by atoms with Crippen molar-refractivity contribution in [2.75, 3.05) is 18.0 Å². The molecule has 1 atom stereocenters. The lowest BCUT2D eigenvalue weighted by Gasteiger charge is -2.34. The van der Waals surface area contributed by atoms with Gasteiger partial charge in [-0.15, -0.1) is 0 Å². The number of rotatable bonds is 11. The second-order valence-corrected chi connectivity index (χ2v) is 12.6. The molecule has 0 aliphatic rings. The molecule has 0 aromatic heterocycles. The first kappa shape index (κ1) is 31.0. The van der Waals surface area contributed by atoms with Gasteiger partial charge in [0.25, 0.3) is 10.0 Å². The van der Waals surface area contributed by atoms with Gasteiger partial charge >= 0.3 is 0 Å². The molecular weight excluding hydrogens is 550 g/mol. The summed E-state index contributed by atoms with van der Waals surface area (Å²) in [4.78, 5) is 28.8. The molecule has 0 fully saturated rings. The quantitative estimate of drug-likeness (QED) is 0.331. The Morgan fingerprint density at radius 3 is 2.08 bits per heavy atom. The smallest absolute Gasteiger partial charge is 0.264 e. The van der Waals surface area contributed by atoms with Gasteiger partial charge in [0.05, 0.1) is 17.7 Å².